The standard InChI is InChI=1S/C17H16F3N3O4/c1-26-12-8-6-11(7-9-12)14(24)23-16(15(25)27-2,17(18,19)20)22-13-5-3-4-10-21-13/h3-10H,1-2H3,(H,21,22)(H,23,24)/t16-/m1/s1. The molecule has 0 aliphatic carbocycles. The summed E-state index contributed by atoms with van der Waals surface area (Å²) in [5, 5.41) is 3.63. The van der Waals surface area contributed by atoms with Gasteiger partial charge in [0.1, 0.15) is 11.6 Å². The van der Waals surface area contributed by atoms with Crippen LogP contribution in [0.4, 0.5) is 19.0 Å². The number of hydrogen-bond donors (Lipinski definition) is 2. The number of methoxy groups -OCH3 is 2. The van der Waals surface area contributed by atoms with Gasteiger partial charge in [-0.05, 0) is 36.4 Å². The zero-order chi connectivity index (χ0) is 20.1. The Bertz CT molecular complexity index is 797. The molecule has 1 heterocycles. The van der Waals surface area contributed by atoms with E-state index in [0.29, 0.717) is 5.75 Å². The Kier molecular flexibility index (Phi) is 5.88. The van der Waals surface area contributed by atoms with E-state index >= 15 is 0 Å². The molecule has 144 valence electrons. The minimum Gasteiger partial charge on any atom is -0.497 e. The van der Waals surface area contributed by atoms with Crippen LogP contribution in [0, 0.1) is 0 Å². The highest BCUT2D eigenvalue weighted by Crippen LogP contribution is 2.33. The quantitative estimate of drug-likeness (QED) is 0.588. The monoisotopic (exact) mass is 383 g/mol. The summed E-state index contributed by atoms with van der Waals surface area (Å²) in [5.41, 5.74) is -3.65. The average molecular weight is 383 g/mol. The third-order valence-electron chi connectivity index (χ3n) is 3.55. The highest BCUT2D eigenvalue weighted by molar-refractivity contribution is 5.99. The van der Waals surface area contributed by atoms with Crippen LogP contribution in [-0.2, 0) is 9.53 Å². The molecule has 0 fully saturated rings. The molecule has 0 aliphatic heterocycles. The van der Waals surface area contributed by atoms with Gasteiger partial charge < -0.3 is 20.1 Å². The number of ether oxygens (including phenoxy) is 2. The molecule has 27 heavy (non-hydrogen) atoms. The van der Waals surface area contributed by atoms with Crippen LogP contribution in [-0.4, -0.2) is 42.9 Å². The third kappa shape index (κ3) is 4.27. The van der Waals surface area contributed by atoms with Gasteiger partial charge in [-0.25, -0.2) is 9.78 Å². The molecule has 0 saturated carbocycles. The first-order chi connectivity index (χ1) is 12.7. The van der Waals surface area contributed by atoms with Gasteiger partial charge in [0, 0.05) is 11.8 Å². The van der Waals surface area contributed by atoms with Crippen LogP contribution in [0.25, 0.3) is 0 Å². The molecule has 1 amide bonds. The normalized spacial score (nSPS) is 13.2. The van der Waals surface area contributed by atoms with Gasteiger partial charge in [0.05, 0.1) is 14.2 Å². The van der Waals surface area contributed by atoms with E-state index in [2.05, 4.69) is 9.72 Å². The highest BCUT2D eigenvalue weighted by atomic mass is 19.4. The van der Waals surface area contributed by atoms with Crippen molar-refractivity contribution in [2.45, 2.75) is 11.8 Å². The summed E-state index contributed by atoms with van der Waals surface area (Å²) in [7, 11) is 2.18. The molecule has 2 N–H and O–H groups in total. The first-order valence-corrected chi connectivity index (χ1v) is 7.54. The predicted octanol–water partition coefficient (Wildman–Crippen LogP) is 2.36. The molecule has 0 radical (unpaired) electrons. The van der Waals surface area contributed by atoms with Crippen LogP contribution in [0.5, 0.6) is 5.75 Å². The van der Waals surface area contributed by atoms with E-state index in [0.717, 1.165) is 7.11 Å². The summed E-state index contributed by atoms with van der Waals surface area (Å²) < 4.78 is 50.8. The van der Waals surface area contributed by atoms with Crippen molar-refractivity contribution in [3.05, 3.63) is 54.2 Å². The summed E-state index contributed by atoms with van der Waals surface area (Å²) in [6, 6.07) is 9.42. The van der Waals surface area contributed by atoms with Crippen molar-refractivity contribution < 1.29 is 32.2 Å². The highest BCUT2D eigenvalue weighted by Gasteiger charge is 2.63. The van der Waals surface area contributed by atoms with Crippen molar-refractivity contribution >= 4 is 17.7 Å². The van der Waals surface area contributed by atoms with E-state index in [1.54, 1.807) is 5.32 Å². The molecule has 0 aliphatic rings. The minimum absolute atomic E-state index is 0.115. The van der Waals surface area contributed by atoms with E-state index in [1.807, 2.05) is 5.32 Å². The molecule has 1 aromatic heterocycles. The molecular formula is C17H16F3N3O4. The molecular weight excluding hydrogens is 367 g/mol. The molecule has 0 spiro atoms. The fraction of sp³-hybridized carbons (Fsp3) is 0.235. The first kappa shape index (κ1) is 20.0. The van der Waals surface area contributed by atoms with Crippen molar-refractivity contribution in [3.8, 4) is 5.75 Å². The third-order valence-corrected chi connectivity index (χ3v) is 3.55. The molecule has 0 bridgehead atoms. The minimum atomic E-state index is -5.24. The van der Waals surface area contributed by atoms with E-state index < -0.39 is 23.7 Å². The number of halogens is 3. The van der Waals surface area contributed by atoms with Crippen LogP contribution in [0.3, 0.4) is 0 Å². The second-order valence-electron chi connectivity index (χ2n) is 5.26. The van der Waals surface area contributed by atoms with Gasteiger partial charge in [-0.15, -0.1) is 0 Å². The van der Waals surface area contributed by atoms with Crippen molar-refractivity contribution in [1.82, 2.24) is 10.3 Å². The van der Waals surface area contributed by atoms with Crippen LogP contribution in [0.15, 0.2) is 48.7 Å². The number of esters is 1. The van der Waals surface area contributed by atoms with Gasteiger partial charge in [-0.3, -0.25) is 4.79 Å². The number of alkyl halides is 3. The van der Waals surface area contributed by atoms with E-state index in [4.69, 9.17) is 4.74 Å². The molecule has 1 atom stereocenters. The van der Waals surface area contributed by atoms with Crippen LogP contribution in [0.1, 0.15) is 10.4 Å². The summed E-state index contributed by atoms with van der Waals surface area (Å²) in [5.74, 6) is -2.77. The van der Waals surface area contributed by atoms with Crippen LogP contribution >= 0.6 is 0 Å². The lowest BCUT2D eigenvalue weighted by atomic mass is 10.1. The van der Waals surface area contributed by atoms with Gasteiger partial charge in [-0.1, -0.05) is 6.07 Å². The van der Waals surface area contributed by atoms with Crippen molar-refractivity contribution in [1.29, 1.82) is 0 Å². The number of amides is 1. The summed E-state index contributed by atoms with van der Waals surface area (Å²) >= 11 is 0. The smallest absolute Gasteiger partial charge is 0.441 e. The SMILES string of the molecule is COC(=O)[C@](NC(=O)c1ccc(OC)cc1)(Nc1ccccn1)C(F)(F)F. The fourth-order valence-electron chi connectivity index (χ4n) is 2.16. The molecule has 1 aromatic carbocycles. The number of pyridine rings is 1. The number of anilines is 1. The number of hydrogen-bond acceptors (Lipinski definition) is 6. The Balaban J connectivity index is 2.43. The lowest BCUT2D eigenvalue weighted by Gasteiger charge is -2.34. The molecule has 10 heteroatoms. The van der Waals surface area contributed by atoms with Crippen molar-refractivity contribution in [2.24, 2.45) is 0 Å². The van der Waals surface area contributed by atoms with Crippen LogP contribution in [0.2, 0.25) is 0 Å². The average Bonchev–Trinajstić information content (AvgIpc) is 2.66. The zero-order valence-electron chi connectivity index (χ0n) is 14.3. The van der Waals surface area contributed by atoms with Gasteiger partial charge in [0.15, 0.2) is 0 Å². The van der Waals surface area contributed by atoms with E-state index in [1.165, 1.54) is 55.8 Å². The molecule has 2 aromatic rings. The number of benzene rings is 1. The lowest BCUT2D eigenvalue weighted by Crippen LogP contribution is -2.69. The van der Waals surface area contributed by atoms with Crippen LogP contribution < -0.4 is 15.4 Å². The molecule has 0 unspecified atom stereocenters. The largest absolute Gasteiger partial charge is 0.497 e. The number of nitrogens with one attached hydrogen (secondary N) is 2. The van der Waals surface area contributed by atoms with Crippen molar-refractivity contribution in [2.75, 3.05) is 19.5 Å². The van der Waals surface area contributed by atoms with E-state index in [9.17, 15) is 22.8 Å². The van der Waals surface area contributed by atoms with Gasteiger partial charge in [0.2, 0.25) is 0 Å². The Labute approximate surface area is 152 Å². The number of aromatic nitrogens is 1. The number of nitrogens with zero attached hydrogens (tertiary/aromatic N) is 1. The predicted molar refractivity (Wildman–Crippen MR) is 89.1 cm³/mol. The number of carbonyl (C=O) groups excluding carboxylic acids is 2. The summed E-state index contributed by atoms with van der Waals surface area (Å²) in [6.07, 6.45) is -4.01. The Morgan fingerprint density at radius 2 is 1.70 bits per heavy atom. The van der Waals surface area contributed by atoms with E-state index in [-0.39, 0.29) is 11.4 Å². The second kappa shape index (κ2) is 7.94. The number of carbonyl (C=O) groups is 2. The molecule has 0 saturated heterocycles. The van der Waals surface area contributed by atoms with Gasteiger partial charge >= 0.3 is 17.8 Å². The summed E-state index contributed by atoms with van der Waals surface area (Å²) in [4.78, 5) is 28.2. The zero-order valence-corrected chi connectivity index (χ0v) is 14.3. The number of rotatable bonds is 6. The maximum atomic E-state index is 13.9. The first-order valence-electron chi connectivity index (χ1n) is 7.54. The molecule has 7 nitrogen and oxygen atoms in total. The van der Waals surface area contributed by atoms with Gasteiger partial charge in [-0.2, -0.15) is 13.2 Å². The maximum Gasteiger partial charge on any atom is 0.441 e. The maximum absolute atomic E-state index is 13.9. The Morgan fingerprint density at radius 3 is 2.19 bits per heavy atom. The topological polar surface area (TPSA) is 89.5 Å². The van der Waals surface area contributed by atoms with Crippen molar-refractivity contribution in [3.63, 3.8) is 0 Å². The Morgan fingerprint density at radius 1 is 1.04 bits per heavy atom. The summed E-state index contributed by atoms with van der Waals surface area (Å²) in [6.45, 7) is 0. The lowest BCUT2D eigenvalue weighted by molar-refractivity contribution is -0.203. The fourth-order valence-corrected chi connectivity index (χ4v) is 2.16. The van der Waals surface area contributed by atoms with Gasteiger partial charge in [0.25, 0.3) is 5.91 Å². The molecule has 2 rings (SSSR count). The Hall–Kier alpha value is -3.30. The second-order valence-corrected chi connectivity index (χ2v) is 5.26.